The van der Waals surface area contributed by atoms with Gasteiger partial charge < -0.3 is 15.0 Å². The second-order valence-electron chi connectivity index (χ2n) is 5.61. The van der Waals surface area contributed by atoms with Gasteiger partial charge in [-0.1, -0.05) is 18.2 Å². The van der Waals surface area contributed by atoms with E-state index in [1.165, 1.54) is 6.07 Å². The number of hydrogen-bond donors (Lipinski definition) is 1. The molecule has 8 nitrogen and oxygen atoms in total. The summed E-state index contributed by atoms with van der Waals surface area (Å²) >= 11 is 0. The number of aromatic nitrogens is 1. The van der Waals surface area contributed by atoms with Crippen molar-refractivity contribution in [2.45, 2.75) is 6.42 Å². The first-order chi connectivity index (χ1) is 12.1. The smallest absolute Gasteiger partial charge is 0.273 e. The molecule has 0 saturated carbocycles. The molecule has 1 amide bonds. The van der Waals surface area contributed by atoms with Crippen LogP contribution in [-0.4, -0.2) is 42.1 Å². The highest BCUT2D eigenvalue weighted by molar-refractivity contribution is 5.92. The number of hydrogen-bond acceptors (Lipinski definition) is 6. The van der Waals surface area contributed by atoms with E-state index in [1.54, 1.807) is 30.5 Å². The van der Waals surface area contributed by atoms with Crippen LogP contribution >= 0.6 is 0 Å². The lowest BCUT2D eigenvalue weighted by atomic mass is 10.1. The quantitative estimate of drug-likeness (QED) is 0.659. The SMILES string of the molecule is O=C(Cc1ccccc1[N+](=O)[O-])Nc1ccc(N2CCOCC2)cn1. The Bertz CT molecular complexity index is 757. The Morgan fingerprint density at radius 2 is 2.00 bits per heavy atom. The monoisotopic (exact) mass is 342 g/mol. The Kier molecular flexibility index (Phi) is 5.20. The van der Waals surface area contributed by atoms with Crippen molar-refractivity contribution >= 4 is 23.1 Å². The number of nitro benzene ring substituents is 1. The van der Waals surface area contributed by atoms with E-state index in [0.29, 0.717) is 24.6 Å². The molecule has 0 bridgehead atoms. The molecular formula is C17H18N4O4. The number of ether oxygens (including phenoxy) is 1. The molecule has 0 spiro atoms. The summed E-state index contributed by atoms with van der Waals surface area (Å²) in [7, 11) is 0. The van der Waals surface area contributed by atoms with Crippen LogP contribution in [0.3, 0.4) is 0 Å². The largest absolute Gasteiger partial charge is 0.378 e. The number of para-hydroxylation sites is 1. The average molecular weight is 342 g/mol. The highest BCUT2D eigenvalue weighted by Crippen LogP contribution is 2.19. The van der Waals surface area contributed by atoms with Gasteiger partial charge in [-0.2, -0.15) is 0 Å². The minimum atomic E-state index is -0.488. The van der Waals surface area contributed by atoms with Crippen molar-refractivity contribution < 1.29 is 14.5 Å². The number of morpholine rings is 1. The second kappa shape index (κ2) is 7.71. The van der Waals surface area contributed by atoms with Crippen LogP contribution in [0.5, 0.6) is 0 Å². The molecular weight excluding hydrogens is 324 g/mol. The van der Waals surface area contributed by atoms with E-state index >= 15 is 0 Å². The number of pyridine rings is 1. The molecule has 3 rings (SSSR count). The molecule has 1 aromatic heterocycles. The van der Waals surface area contributed by atoms with Crippen molar-refractivity contribution in [2.24, 2.45) is 0 Å². The summed E-state index contributed by atoms with van der Waals surface area (Å²) in [4.78, 5) is 29.1. The second-order valence-corrected chi connectivity index (χ2v) is 5.61. The van der Waals surface area contributed by atoms with Crippen molar-refractivity contribution in [3.8, 4) is 0 Å². The van der Waals surface area contributed by atoms with Gasteiger partial charge >= 0.3 is 0 Å². The fraction of sp³-hybridized carbons (Fsp3) is 0.294. The molecule has 130 valence electrons. The van der Waals surface area contributed by atoms with Gasteiger partial charge in [-0.15, -0.1) is 0 Å². The lowest BCUT2D eigenvalue weighted by molar-refractivity contribution is -0.385. The van der Waals surface area contributed by atoms with E-state index in [2.05, 4.69) is 15.2 Å². The van der Waals surface area contributed by atoms with Crippen molar-refractivity contribution in [3.63, 3.8) is 0 Å². The minimum absolute atomic E-state index is 0.0618. The number of anilines is 2. The summed E-state index contributed by atoms with van der Waals surface area (Å²) in [6.07, 6.45) is 1.62. The zero-order valence-electron chi connectivity index (χ0n) is 13.6. The van der Waals surface area contributed by atoms with Crippen LogP contribution in [0.4, 0.5) is 17.2 Å². The molecule has 1 saturated heterocycles. The van der Waals surface area contributed by atoms with Gasteiger partial charge in [-0.25, -0.2) is 4.98 Å². The predicted molar refractivity (Wildman–Crippen MR) is 92.7 cm³/mol. The zero-order valence-corrected chi connectivity index (χ0v) is 13.6. The molecule has 2 heterocycles. The number of benzene rings is 1. The Labute approximate surface area is 144 Å². The fourth-order valence-electron chi connectivity index (χ4n) is 2.67. The highest BCUT2D eigenvalue weighted by Gasteiger charge is 2.16. The minimum Gasteiger partial charge on any atom is -0.378 e. The molecule has 25 heavy (non-hydrogen) atoms. The Balaban J connectivity index is 1.62. The van der Waals surface area contributed by atoms with E-state index in [4.69, 9.17) is 4.74 Å². The van der Waals surface area contributed by atoms with Gasteiger partial charge in [0.1, 0.15) is 5.82 Å². The molecule has 2 aromatic rings. The lowest BCUT2D eigenvalue weighted by Gasteiger charge is -2.28. The Morgan fingerprint density at radius 3 is 2.68 bits per heavy atom. The predicted octanol–water partition coefficient (Wildman–Crippen LogP) is 2.01. The third-order valence-electron chi connectivity index (χ3n) is 3.93. The number of carbonyl (C=O) groups is 1. The average Bonchev–Trinajstić information content (AvgIpc) is 2.63. The van der Waals surface area contributed by atoms with Crippen LogP contribution in [0.1, 0.15) is 5.56 Å². The molecule has 0 unspecified atom stereocenters. The summed E-state index contributed by atoms with van der Waals surface area (Å²) in [6.45, 7) is 3.00. The van der Waals surface area contributed by atoms with Crippen molar-refractivity contribution in [2.75, 3.05) is 36.5 Å². The maximum atomic E-state index is 12.1. The maximum absolute atomic E-state index is 12.1. The molecule has 8 heteroatoms. The first kappa shape index (κ1) is 16.8. The van der Waals surface area contributed by atoms with Gasteiger partial charge in [0.05, 0.1) is 36.4 Å². The number of carbonyl (C=O) groups excluding carboxylic acids is 1. The summed E-state index contributed by atoms with van der Waals surface area (Å²) < 4.78 is 5.31. The summed E-state index contributed by atoms with van der Waals surface area (Å²) in [5, 5.41) is 13.7. The van der Waals surface area contributed by atoms with Crippen LogP contribution in [0, 0.1) is 10.1 Å². The van der Waals surface area contributed by atoms with Crippen LogP contribution in [0.15, 0.2) is 42.6 Å². The van der Waals surface area contributed by atoms with E-state index in [0.717, 1.165) is 18.8 Å². The van der Waals surface area contributed by atoms with Crippen LogP contribution < -0.4 is 10.2 Å². The molecule has 0 aliphatic carbocycles. The molecule has 1 aromatic carbocycles. The van der Waals surface area contributed by atoms with Gasteiger partial charge in [0.15, 0.2) is 0 Å². The van der Waals surface area contributed by atoms with Crippen molar-refractivity contribution in [1.29, 1.82) is 0 Å². The van der Waals surface area contributed by atoms with E-state index in [9.17, 15) is 14.9 Å². The number of nitrogens with one attached hydrogen (secondary N) is 1. The normalized spacial score (nSPS) is 14.2. The third-order valence-corrected chi connectivity index (χ3v) is 3.93. The van der Waals surface area contributed by atoms with E-state index in [1.807, 2.05) is 6.07 Å². The summed E-state index contributed by atoms with van der Waals surface area (Å²) in [5.41, 5.74) is 1.28. The molecule has 1 aliphatic rings. The lowest BCUT2D eigenvalue weighted by Crippen LogP contribution is -2.36. The third kappa shape index (κ3) is 4.30. The standard InChI is InChI=1S/C17H18N4O4/c22-17(11-13-3-1-2-4-15(13)21(23)24)19-16-6-5-14(12-18-16)20-7-9-25-10-8-20/h1-6,12H,7-11H2,(H,18,19,22). The number of nitrogens with zero attached hydrogens (tertiary/aromatic N) is 3. The number of nitro groups is 1. The van der Waals surface area contributed by atoms with Crippen LogP contribution in [-0.2, 0) is 16.0 Å². The fourth-order valence-corrected chi connectivity index (χ4v) is 2.67. The summed E-state index contributed by atoms with van der Waals surface area (Å²) in [6, 6.07) is 9.82. The van der Waals surface area contributed by atoms with Crippen LogP contribution in [0.2, 0.25) is 0 Å². The highest BCUT2D eigenvalue weighted by atomic mass is 16.6. The van der Waals surface area contributed by atoms with Gasteiger partial charge in [0.25, 0.3) is 5.69 Å². The van der Waals surface area contributed by atoms with Gasteiger partial charge in [0.2, 0.25) is 5.91 Å². The first-order valence-corrected chi connectivity index (χ1v) is 7.94. The number of rotatable bonds is 5. The molecule has 1 aliphatic heterocycles. The van der Waals surface area contributed by atoms with Gasteiger partial charge in [-0.05, 0) is 12.1 Å². The molecule has 1 N–H and O–H groups in total. The van der Waals surface area contributed by atoms with Crippen molar-refractivity contribution in [3.05, 3.63) is 58.3 Å². The Morgan fingerprint density at radius 1 is 1.24 bits per heavy atom. The van der Waals surface area contributed by atoms with Gasteiger partial charge in [-0.3, -0.25) is 14.9 Å². The van der Waals surface area contributed by atoms with Crippen LogP contribution in [0.25, 0.3) is 0 Å². The topological polar surface area (TPSA) is 97.6 Å². The van der Waals surface area contributed by atoms with Gasteiger partial charge in [0, 0.05) is 24.7 Å². The first-order valence-electron chi connectivity index (χ1n) is 7.94. The Hall–Kier alpha value is -3.00. The number of amides is 1. The molecule has 0 radical (unpaired) electrons. The van der Waals surface area contributed by atoms with E-state index in [-0.39, 0.29) is 18.0 Å². The van der Waals surface area contributed by atoms with Crippen molar-refractivity contribution in [1.82, 2.24) is 4.98 Å². The maximum Gasteiger partial charge on any atom is 0.273 e. The molecule has 1 fully saturated rings. The van der Waals surface area contributed by atoms with E-state index < -0.39 is 4.92 Å². The zero-order chi connectivity index (χ0) is 17.6. The molecule has 0 atom stereocenters. The summed E-state index contributed by atoms with van der Waals surface area (Å²) in [5.74, 6) is 0.0708.